The maximum absolute atomic E-state index is 11.9. The highest BCUT2D eigenvalue weighted by Gasteiger charge is 2.11. The number of hydrogen-bond acceptors (Lipinski definition) is 1. The van der Waals surface area contributed by atoms with Crippen LogP contribution in [0.2, 0.25) is 0 Å². The van der Waals surface area contributed by atoms with Gasteiger partial charge < -0.3 is 10.2 Å². The predicted molar refractivity (Wildman–Crippen MR) is 77.5 cm³/mol. The van der Waals surface area contributed by atoms with Crippen molar-refractivity contribution < 1.29 is 4.79 Å². The first-order chi connectivity index (χ1) is 9.25. The lowest BCUT2D eigenvalue weighted by Crippen LogP contribution is -2.33. The predicted octanol–water partition coefficient (Wildman–Crippen LogP) is 3.53. The smallest absolute Gasteiger partial charge is 0.321 e. The molecule has 0 radical (unpaired) electrons. The molecule has 3 heteroatoms. The molecule has 1 aliphatic rings. The summed E-state index contributed by atoms with van der Waals surface area (Å²) >= 11 is 0. The maximum Gasteiger partial charge on any atom is 0.321 e. The molecule has 19 heavy (non-hydrogen) atoms. The Morgan fingerprint density at radius 2 is 2.00 bits per heavy atom. The summed E-state index contributed by atoms with van der Waals surface area (Å²) in [7, 11) is 1.81. The zero-order valence-corrected chi connectivity index (χ0v) is 11.5. The monoisotopic (exact) mass is 258 g/mol. The van der Waals surface area contributed by atoms with E-state index in [-0.39, 0.29) is 6.03 Å². The van der Waals surface area contributed by atoms with Crippen molar-refractivity contribution >= 4 is 6.03 Å². The van der Waals surface area contributed by atoms with Crippen molar-refractivity contribution in [3.05, 3.63) is 48.2 Å². The highest BCUT2D eigenvalue weighted by atomic mass is 16.2. The van der Waals surface area contributed by atoms with Crippen molar-refractivity contribution in [2.75, 3.05) is 7.05 Å². The Labute approximate surface area is 115 Å². The summed E-state index contributed by atoms with van der Waals surface area (Å²) in [5, 5.41) is 2.84. The molecular formula is C16H22N2O. The van der Waals surface area contributed by atoms with E-state index in [4.69, 9.17) is 0 Å². The Kier molecular flexibility index (Phi) is 5.01. The summed E-state index contributed by atoms with van der Waals surface area (Å²) in [5.41, 5.74) is 1.14. The van der Waals surface area contributed by atoms with Gasteiger partial charge in [-0.25, -0.2) is 4.79 Å². The molecule has 0 aliphatic heterocycles. The second-order valence-electron chi connectivity index (χ2n) is 5.19. The average Bonchev–Trinajstić information content (AvgIpc) is 2.93. The van der Waals surface area contributed by atoms with Gasteiger partial charge in [-0.3, -0.25) is 0 Å². The van der Waals surface area contributed by atoms with E-state index in [0.717, 1.165) is 5.56 Å². The summed E-state index contributed by atoms with van der Waals surface area (Å²) in [4.78, 5) is 13.6. The van der Waals surface area contributed by atoms with Crippen LogP contribution in [0.5, 0.6) is 0 Å². The molecule has 102 valence electrons. The highest BCUT2D eigenvalue weighted by molar-refractivity contribution is 5.74. The molecule has 0 atom stereocenters. The zero-order valence-electron chi connectivity index (χ0n) is 11.5. The number of benzene rings is 1. The molecule has 0 aromatic heterocycles. The van der Waals surface area contributed by atoms with E-state index in [9.17, 15) is 4.79 Å². The molecule has 0 spiro atoms. The molecule has 2 amide bonds. The van der Waals surface area contributed by atoms with Crippen LogP contribution in [0.15, 0.2) is 42.6 Å². The third-order valence-electron chi connectivity index (χ3n) is 3.58. The van der Waals surface area contributed by atoms with E-state index in [1.54, 1.807) is 11.1 Å². The normalized spacial score (nSPS) is 15.8. The molecule has 1 aliphatic carbocycles. The maximum atomic E-state index is 11.9. The fraction of sp³-hybridized carbons (Fsp3) is 0.438. The third-order valence-corrected chi connectivity index (χ3v) is 3.58. The Morgan fingerprint density at radius 1 is 1.32 bits per heavy atom. The number of nitrogens with one attached hydrogen (secondary N) is 1. The topological polar surface area (TPSA) is 32.3 Å². The van der Waals surface area contributed by atoms with E-state index in [1.165, 1.54) is 25.7 Å². The van der Waals surface area contributed by atoms with Crippen LogP contribution in [-0.4, -0.2) is 18.0 Å². The number of hydrogen-bond donors (Lipinski definition) is 1. The first-order valence-electron chi connectivity index (χ1n) is 6.98. The van der Waals surface area contributed by atoms with Crippen molar-refractivity contribution in [3.63, 3.8) is 0 Å². The first kappa shape index (κ1) is 13.7. The molecule has 3 nitrogen and oxygen atoms in total. The number of nitrogens with zero attached hydrogens (tertiary/aromatic N) is 1. The number of allylic oxidation sites excluding steroid dienone is 1. The molecule has 0 saturated heterocycles. The summed E-state index contributed by atoms with van der Waals surface area (Å²) in [5.74, 6) is 0.653. The van der Waals surface area contributed by atoms with E-state index in [0.29, 0.717) is 12.5 Å². The van der Waals surface area contributed by atoms with Gasteiger partial charge in [-0.15, -0.1) is 0 Å². The summed E-state index contributed by atoms with van der Waals surface area (Å²) in [6.45, 7) is 0.629. The quantitative estimate of drug-likeness (QED) is 0.880. The molecule has 1 aromatic carbocycles. The standard InChI is InChI=1S/C16H22N2O/c1-18(13-15-9-3-2-4-10-15)16(19)17-12-11-14-7-5-6-8-14/h2-4,9-12,14H,5-8,13H2,1H3,(H,17,19)/b12-11+. The Balaban J connectivity index is 1.76. The molecule has 0 unspecified atom stereocenters. The van der Waals surface area contributed by atoms with E-state index in [2.05, 4.69) is 11.4 Å². The van der Waals surface area contributed by atoms with E-state index in [1.807, 2.05) is 37.4 Å². The largest absolute Gasteiger partial charge is 0.323 e. The van der Waals surface area contributed by atoms with Gasteiger partial charge in [0.05, 0.1) is 0 Å². The summed E-state index contributed by atoms with van der Waals surface area (Å²) in [6, 6.07) is 9.95. The minimum absolute atomic E-state index is 0.0573. The van der Waals surface area contributed by atoms with Crippen LogP contribution in [0.4, 0.5) is 4.79 Å². The minimum atomic E-state index is -0.0573. The SMILES string of the molecule is CN(Cc1ccccc1)C(=O)N/C=C/C1CCCC1. The average molecular weight is 258 g/mol. The molecule has 0 heterocycles. The lowest BCUT2D eigenvalue weighted by Gasteiger charge is -2.16. The Hall–Kier alpha value is -1.77. The molecule has 1 aromatic rings. The Morgan fingerprint density at radius 3 is 2.68 bits per heavy atom. The second kappa shape index (κ2) is 6.98. The van der Waals surface area contributed by atoms with Crippen molar-refractivity contribution in [1.29, 1.82) is 0 Å². The molecule has 1 N–H and O–H groups in total. The van der Waals surface area contributed by atoms with Crippen molar-refractivity contribution in [3.8, 4) is 0 Å². The van der Waals surface area contributed by atoms with Gasteiger partial charge in [0.2, 0.25) is 0 Å². The van der Waals surface area contributed by atoms with Crippen molar-refractivity contribution in [1.82, 2.24) is 10.2 Å². The minimum Gasteiger partial charge on any atom is -0.323 e. The van der Waals surface area contributed by atoms with E-state index >= 15 is 0 Å². The van der Waals surface area contributed by atoms with Crippen LogP contribution in [0.1, 0.15) is 31.2 Å². The molecule has 1 saturated carbocycles. The van der Waals surface area contributed by atoms with Crippen molar-refractivity contribution in [2.45, 2.75) is 32.2 Å². The first-order valence-corrected chi connectivity index (χ1v) is 6.98. The number of carbonyl (C=O) groups excluding carboxylic acids is 1. The number of rotatable bonds is 4. The van der Waals surface area contributed by atoms with Gasteiger partial charge in [0, 0.05) is 19.8 Å². The molecule has 0 bridgehead atoms. The van der Waals surface area contributed by atoms with Gasteiger partial charge in [0.25, 0.3) is 0 Å². The molecular weight excluding hydrogens is 236 g/mol. The highest BCUT2D eigenvalue weighted by Crippen LogP contribution is 2.25. The van der Waals surface area contributed by atoms with Crippen LogP contribution < -0.4 is 5.32 Å². The molecule has 2 rings (SSSR count). The lowest BCUT2D eigenvalue weighted by atomic mass is 10.1. The Bertz CT molecular complexity index is 422. The van der Waals surface area contributed by atoms with Crippen molar-refractivity contribution in [2.24, 2.45) is 5.92 Å². The lowest BCUT2D eigenvalue weighted by molar-refractivity contribution is 0.210. The number of amides is 2. The number of urea groups is 1. The van der Waals surface area contributed by atoms with Gasteiger partial charge in [0.1, 0.15) is 0 Å². The third kappa shape index (κ3) is 4.43. The van der Waals surface area contributed by atoms with Crippen LogP contribution in [0.25, 0.3) is 0 Å². The van der Waals surface area contributed by atoms with E-state index < -0.39 is 0 Å². The molecule has 1 fully saturated rings. The fourth-order valence-corrected chi connectivity index (χ4v) is 2.44. The van der Waals surface area contributed by atoms with Crippen LogP contribution in [0.3, 0.4) is 0 Å². The van der Waals surface area contributed by atoms with Gasteiger partial charge in [-0.05, 0) is 24.3 Å². The van der Waals surface area contributed by atoms with Crippen LogP contribution in [-0.2, 0) is 6.54 Å². The fourth-order valence-electron chi connectivity index (χ4n) is 2.44. The van der Waals surface area contributed by atoms with Gasteiger partial charge >= 0.3 is 6.03 Å². The van der Waals surface area contributed by atoms with Gasteiger partial charge in [-0.2, -0.15) is 0 Å². The number of carbonyl (C=O) groups is 1. The van der Waals surface area contributed by atoms with Gasteiger partial charge in [-0.1, -0.05) is 49.2 Å². The summed E-state index contributed by atoms with van der Waals surface area (Å²) in [6.07, 6.45) is 9.08. The second-order valence-corrected chi connectivity index (χ2v) is 5.19. The van der Waals surface area contributed by atoms with Crippen LogP contribution >= 0.6 is 0 Å². The summed E-state index contributed by atoms with van der Waals surface area (Å²) < 4.78 is 0. The van der Waals surface area contributed by atoms with Crippen LogP contribution in [0, 0.1) is 5.92 Å². The zero-order chi connectivity index (χ0) is 13.5. The van der Waals surface area contributed by atoms with Gasteiger partial charge in [0.15, 0.2) is 0 Å².